The third kappa shape index (κ3) is 1.39. The molecule has 0 aliphatic carbocycles. The van der Waals surface area contributed by atoms with Gasteiger partial charge in [-0.2, -0.15) is 0 Å². The fourth-order valence-electron chi connectivity index (χ4n) is 2.14. The maximum absolute atomic E-state index is 12.1. The number of amides is 1. The molecule has 0 saturated carbocycles. The highest BCUT2D eigenvalue weighted by atomic mass is 16.5. The summed E-state index contributed by atoms with van der Waals surface area (Å²) in [6.45, 7) is 1.88. The van der Waals surface area contributed by atoms with Crippen molar-refractivity contribution in [3.8, 4) is 5.75 Å². The Labute approximate surface area is 99.6 Å². The van der Waals surface area contributed by atoms with Crippen molar-refractivity contribution in [3.63, 3.8) is 0 Å². The van der Waals surface area contributed by atoms with E-state index in [1.165, 1.54) is 0 Å². The Bertz CT molecular complexity index is 606. The van der Waals surface area contributed by atoms with Crippen molar-refractivity contribution in [1.29, 1.82) is 0 Å². The molecule has 2 aromatic rings. The van der Waals surface area contributed by atoms with Gasteiger partial charge >= 0.3 is 0 Å². The van der Waals surface area contributed by atoms with E-state index in [-0.39, 0.29) is 12.1 Å². The van der Waals surface area contributed by atoms with Crippen molar-refractivity contribution >= 4 is 16.7 Å². The lowest BCUT2D eigenvalue weighted by Crippen LogP contribution is -2.42. The monoisotopic (exact) mass is 227 g/mol. The van der Waals surface area contributed by atoms with Crippen LogP contribution in [0.3, 0.4) is 0 Å². The predicted molar refractivity (Wildman–Crippen MR) is 66.1 cm³/mol. The van der Waals surface area contributed by atoms with E-state index in [1.54, 1.807) is 11.9 Å². The zero-order chi connectivity index (χ0) is 12.0. The molecule has 1 atom stereocenters. The number of hydrogen-bond donors (Lipinski definition) is 0. The molecule has 0 saturated heterocycles. The number of hydrogen-bond acceptors (Lipinski definition) is 2. The van der Waals surface area contributed by atoms with Gasteiger partial charge in [0.15, 0.2) is 6.23 Å². The predicted octanol–water partition coefficient (Wildman–Crippen LogP) is 2.65. The summed E-state index contributed by atoms with van der Waals surface area (Å²) in [7, 11) is 1.76. The van der Waals surface area contributed by atoms with E-state index in [2.05, 4.69) is 0 Å². The average molecular weight is 227 g/mol. The van der Waals surface area contributed by atoms with E-state index >= 15 is 0 Å². The molecule has 0 N–H and O–H groups in total. The normalized spacial score (nSPS) is 19.1. The molecule has 1 aliphatic heterocycles. The Morgan fingerprint density at radius 2 is 1.94 bits per heavy atom. The highest BCUT2D eigenvalue weighted by Crippen LogP contribution is 2.34. The minimum Gasteiger partial charge on any atom is -0.469 e. The van der Waals surface area contributed by atoms with E-state index in [1.807, 2.05) is 43.3 Å². The largest absolute Gasteiger partial charge is 0.469 e. The lowest BCUT2D eigenvalue weighted by atomic mass is 10.0. The Morgan fingerprint density at radius 1 is 1.18 bits per heavy atom. The van der Waals surface area contributed by atoms with E-state index in [4.69, 9.17) is 4.74 Å². The molecule has 1 heterocycles. The van der Waals surface area contributed by atoms with Gasteiger partial charge in [0.1, 0.15) is 5.75 Å². The molecule has 3 nitrogen and oxygen atoms in total. The maximum atomic E-state index is 12.1. The van der Waals surface area contributed by atoms with Gasteiger partial charge < -0.3 is 9.64 Å². The quantitative estimate of drug-likeness (QED) is 0.692. The molecule has 1 unspecified atom stereocenters. The van der Waals surface area contributed by atoms with Gasteiger partial charge in [-0.05, 0) is 18.4 Å². The lowest BCUT2D eigenvalue weighted by Gasteiger charge is -2.32. The first-order chi connectivity index (χ1) is 8.18. The van der Waals surface area contributed by atoms with Gasteiger partial charge in [0, 0.05) is 12.4 Å². The Balaban J connectivity index is 2.31. The van der Waals surface area contributed by atoms with Crippen molar-refractivity contribution in [2.24, 2.45) is 0 Å². The van der Waals surface area contributed by atoms with E-state index in [0.29, 0.717) is 11.3 Å². The van der Waals surface area contributed by atoms with E-state index < -0.39 is 0 Å². The van der Waals surface area contributed by atoms with E-state index in [0.717, 1.165) is 10.8 Å². The van der Waals surface area contributed by atoms with E-state index in [9.17, 15) is 4.79 Å². The van der Waals surface area contributed by atoms with Crippen LogP contribution in [0.4, 0.5) is 0 Å². The molecular formula is C14H13NO2. The molecule has 0 radical (unpaired) electrons. The maximum Gasteiger partial charge on any atom is 0.260 e. The third-order valence-corrected chi connectivity index (χ3v) is 3.26. The number of ether oxygens (including phenoxy) is 1. The van der Waals surface area contributed by atoms with Crippen LogP contribution in [0, 0.1) is 0 Å². The van der Waals surface area contributed by atoms with Gasteiger partial charge in [-0.1, -0.05) is 30.3 Å². The van der Waals surface area contributed by atoms with Crippen LogP contribution >= 0.6 is 0 Å². The van der Waals surface area contributed by atoms with Gasteiger partial charge in [-0.15, -0.1) is 0 Å². The molecule has 0 spiro atoms. The fraction of sp³-hybridized carbons (Fsp3) is 0.214. The van der Waals surface area contributed by atoms with Crippen LogP contribution in [-0.2, 0) is 0 Å². The third-order valence-electron chi connectivity index (χ3n) is 3.26. The molecule has 0 bridgehead atoms. The van der Waals surface area contributed by atoms with Crippen molar-refractivity contribution < 1.29 is 9.53 Å². The minimum atomic E-state index is -0.221. The van der Waals surface area contributed by atoms with Gasteiger partial charge in [0.2, 0.25) is 0 Å². The Hall–Kier alpha value is -2.03. The lowest BCUT2D eigenvalue weighted by molar-refractivity contribution is 0.0302. The van der Waals surface area contributed by atoms with Crippen molar-refractivity contribution in [1.82, 2.24) is 4.90 Å². The molecule has 0 aromatic heterocycles. The second kappa shape index (κ2) is 3.48. The van der Waals surface area contributed by atoms with Gasteiger partial charge in [0.05, 0.1) is 5.56 Å². The highest BCUT2D eigenvalue weighted by Gasteiger charge is 2.29. The van der Waals surface area contributed by atoms with Crippen molar-refractivity contribution in [3.05, 3.63) is 42.0 Å². The number of rotatable bonds is 0. The number of benzene rings is 2. The van der Waals surface area contributed by atoms with Crippen LogP contribution in [0.25, 0.3) is 10.8 Å². The van der Waals surface area contributed by atoms with Crippen molar-refractivity contribution in [2.75, 3.05) is 7.05 Å². The number of fused-ring (bicyclic) bond motifs is 3. The van der Waals surface area contributed by atoms with Crippen LogP contribution in [0.5, 0.6) is 5.75 Å². The second-order valence-corrected chi connectivity index (χ2v) is 4.30. The summed E-state index contributed by atoms with van der Waals surface area (Å²) >= 11 is 0. The van der Waals surface area contributed by atoms with Gasteiger partial charge in [0.25, 0.3) is 5.91 Å². The summed E-state index contributed by atoms with van der Waals surface area (Å²) in [5.41, 5.74) is 0.643. The number of carbonyl (C=O) groups is 1. The first-order valence-electron chi connectivity index (χ1n) is 5.64. The zero-order valence-electron chi connectivity index (χ0n) is 9.81. The fourth-order valence-corrected chi connectivity index (χ4v) is 2.14. The van der Waals surface area contributed by atoms with Crippen LogP contribution < -0.4 is 4.74 Å². The Kier molecular flexibility index (Phi) is 2.08. The summed E-state index contributed by atoms with van der Waals surface area (Å²) < 4.78 is 5.83. The van der Waals surface area contributed by atoms with Crippen LogP contribution in [0.15, 0.2) is 36.4 Å². The summed E-state index contributed by atoms with van der Waals surface area (Å²) in [5.74, 6) is 0.725. The molecule has 3 heteroatoms. The summed E-state index contributed by atoms with van der Waals surface area (Å²) in [4.78, 5) is 13.7. The SMILES string of the molecule is CC1Oc2c(ccc3ccccc23)C(=O)N1C. The summed E-state index contributed by atoms with van der Waals surface area (Å²) in [5, 5.41) is 2.09. The van der Waals surface area contributed by atoms with Crippen LogP contribution in [0.2, 0.25) is 0 Å². The smallest absolute Gasteiger partial charge is 0.260 e. The average Bonchev–Trinajstić information content (AvgIpc) is 2.36. The van der Waals surface area contributed by atoms with Crippen LogP contribution in [-0.4, -0.2) is 24.1 Å². The molecule has 1 amide bonds. The first kappa shape index (κ1) is 10.1. The zero-order valence-corrected chi connectivity index (χ0v) is 9.81. The van der Waals surface area contributed by atoms with Crippen molar-refractivity contribution in [2.45, 2.75) is 13.2 Å². The number of carbonyl (C=O) groups excluding carboxylic acids is 1. The molecule has 2 aromatic carbocycles. The summed E-state index contributed by atoms with van der Waals surface area (Å²) in [6, 6.07) is 11.7. The molecule has 0 fully saturated rings. The molecule has 1 aliphatic rings. The van der Waals surface area contributed by atoms with Gasteiger partial charge in [-0.25, -0.2) is 0 Å². The van der Waals surface area contributed by atoms with Gasteiger partial charge in [-0.3, -0.25) is 4.79 Å². The molecule has 3 rings (SSSR count). The minimum absolute atomic E-state index is 0.0181. The molecule has 86 valence electrons. The molecule has 17 heavy (non-hydrogen) atoms. The second-order valence-electron chi connectivity index (χ2n) is 4.30. The molecular weight excluding hydrogens is 214 g/mol. The highest BCUT2D eigenvalue weighted by molar-refractivity contribution is 6.04. The van der Waals surface area contributed by atoms with Crippen LogP contribution in [0.1, 0.15) is 17.3 Å². The number of nitrogens with zero attached hydrogens (tertiary/aromatic N) is 1. The first-order valence-corrected chi connectivity index (χ1v) is 5.64. The topological polar surface area (TPSA) is 29.5 Å². The standard InChI is InChI=1S/C14H13NO2/c1-9-15(2)14(16)12-8-7-10-5-3-4-6-11(10)13(12)17-9/h3-9H,1-2H3. The summed E-state index contributed by atoms with van der Waals surface area (Å²) in [6.07, 6.45) is -0.221. The Morgan fingerprint density at radius 3 is 2.76 bits per heavy atom.